The molecule has 0 saturated carbocycles. The normalized spacial score (nSPS) is 11.3. The average Bonchev–Trinajstić information content (AvgIpc) is 2.77. The van der Waals surface area contributed by atoms with Gasteiger partial charge in [-0.3, -0.25) is 9.71 Å². The van der Waals surface area contributed by atoms with Crippen LogP contribution in [-0.4, -0.2) is 45.9 Å². The minimum Gasteiger partial charge on any atom is -0.497 e. The highest BCUT2D eigenvalue weighted by Crippen LogP contribution is 2.22. The minimum atomic E-state index is -3.88. The Morgan fingerprint density at radius 1 is 0.933 bits per heavy atom. The maximum Gasteiger partial charge on any atom is 0.321 e. The van der Waals surface area contributed by atoms with Crippen LogP contribution in [-0.2, 0) is 10.0 Å². The van der Waals surface area contributed by atoms with Crippen molar-refractivity contribution in [2.75, 3.05) is 26.1 Å². The van der Waals surface area contributed by atoms with Gasteiger partial charge in [-0.25, -0.2) is 8.42 Å². The summed E-state index contributed by atoms with van der Waals surface area (Å²) in [6, 6.07) is 14.9. The van der Waals surface area contributed by atoms with Crippen LogP contribution in [0.5, 0.6) is 17.6 Å². The van der Waals surface area contributed by atoms with E-state index in [9.17, 15) is 8.42 Å². The Balaban J connectivity index is 1.77. The van der Waals surface area contributed by atoms with Crippen molar-refractivity contribution in [3.05, 3.63) is 60.2 Å². The molecule has 1 N–H and O–H groups in total. The van der Waals surface area contributed by atoms with Crippen LogP contribution in [0.3, 0.4) is 0 Å². The Bertz CT molecular complexity index is 1130. The van der Waals surface area contributed by atoms with E-state index in [2.05, 4.69) is 19.7 Å². The fourth-order valence-corrected chi connectivity index (χ4v) is 3.42. The van der Waals surface area contributed by atoms with Crippen molar-refractivity contribution in [2.24, 2.45) is 4.99 Å². The van der Waals surface area contributed by atoms with Crippen molar-refractivity contribution in [3.8, 4) is 17.6 Å². The van der Waals surface area contributed by atoms with Gasteiger partial charge in [-0.05, 0) is 42.0 Å². The predicted octanol–water partition coefficient (Wildman–Crippen LogP) is 3.05. The molecule has 0 fully saturated rings. The van der Waals surface area contributed by atoms with Gasteiger partial charge in [-0.2, -0.15) is 9.97 Å². The summed E-state index contributed by atoms with van der Waals surface area (Å²) in [5.41, 5.74) is 1.46. The third-order valence-corrected chi connectivity index (χ3v) is 5.29. The number of nitrogens with one attached hydrogen (secondary N) is 1. The van der Waals surface area contributed by atoms with E-state index in [1.165, 1.54) is 32.4 Å². The van der Waals surface area contributed by atoms with Crippen LogP contribution in [0.25, 0.3) is 0 Å². The highest BCUT2D eigenvalue weighted by Gasteiger charge is 2.16. The second kappa shape index (κ2) is 9.23. The van der Waals surface area contributed by atoms with Gasteiger partial charge in [0.25, 0.3) is 10.0 Å². The Hall–Kier alpha value is -3.66. The third-order valence-electron chi connectivity index (χ3n) is 3.92. The molecular weight excluding hydrogens is 408 g/mol. The summed E-state index contributed by atoms with van der Waals surface area (Å²) < 4.78 is 42.8. The van der Waals surface area contributed by atoms with E-state index in [0.717, 1.165) is 11.3 Å². The largest absolute Gasteiger partial charge is 0.497 e. The maximum atomic E-state index is 12.7. The van der Waals surface area contributed by atoms with Crippen LogP contribution in [0.4, 0.5) is 11.5 Å². The van der Waals surface area contributed by atoms with Crippen molar-refractivity contribution in [1.82, 2.24) is 9.97 Å². The molecule has 0 bridgehead atoms. The molecule has 3 aromatic rings. The molecule has 0 atom stereocenters. The second-order valence-corrected chi connectivity index (χ2v) is 7.60. The Morgan fingerprint density at radius 2 is 1.70 bits per heavy atom. The lowest BCUT2D eigenvalue weighted by atomic mass is 10.2. The zero-order valence-corrected chi connectivity index (χ0v) is 17.4. The topological polar surface area (TPSA) is 112 Å². The number of rotatable bonds is 8. The first kappa shape index (κ1) is 21.1. The average molecular weight is 428 g/mol. The summed E-state index contributed by atoms with van der Waals surface area (Å²) in [7, 11) is 0.499. The van der Waals surface area contributed by atoms with E-state index >= 15 is 0 Å². The number of benzene rings is 2. The van der Waals surface area contributed by atoms with Crippen LogP contribution < -0.4 is 18.9 Å². The van der Waals surface area contributed by atoms with Gasteiger partial charge in [0.1, 0.15) is 5.75 Å². The van der Waals surface area contributed by atoms with Crippen molar-refractivity contribution >= 4 is 27.7 Å². The number of methoxy groups -OCH3 is 3. The van der Waals surface area contributed by atoms with E-state index in [1.54, 1.807) is 25.5 Å². The van der Waals surface area contributed by atoms with E-state index in [-0.39, 0.29) is 22.6 Å². The van der Waals surface area contributed by atoms with Gasteiger partial charge in [0.15, 0.2) is 5.82 Å². The second-order valence-electron chi connectivity index (χ2n) is 5.92. The number of hydrogen-bond donors (Lipinski definition) is 1. The zero-order chi connectivity index (χ0) is 21.6. The lowest BCUT2D eigenvalue weighted by Crippen LogP contribution is -2.14. The molecule has 156 valence electrons. The summed E-state index contributed by atoms with van der Waals surface area (Å²) in [5.74, 6) is 0.921. The number of nitrogens with zero attached hydrogens (tertiary/aromatic N) is 3. The number of sulfonamides is 1. The predicted molar refractivity (Wildman–Crippen MR) is 113 cm³/mol. The Morgan fingerprint density at radius 3 is 2.37 bits per heavy atom. The molecule has 0 aliphatic rings. The molecule has 2 aromatic carbocycles. The monoisotopic (exact) mass is 428 g/mol. The fourth-order valence-electron chi connectivity index (χ4n) is 2.43. The van der Waals surface area contributed by atoms with Crippen molar-refractivity contribution in [2.45, 2.75) is 4.90 Å². The van der Waals surface area contributed by atoms with E-state index < -0.39 is 10.0 Å². The van der Waals surface area contributed by atoms with Crippen LogP contribution in [0.1, 0.15) is 5.56 Å². The van der Waals surface area contributed by atoms with E-state index in [1.807, 2.05) is 24.3 Å². The van der Waals surface area contributed by atoms with Crippen LogP contribution >= 0.6 is 0 Å². The first-order valence-corrected chi connectivity index (χ1v) is 10.2. The highest BCUT2D eigenvalue weighted by atomic mass is 32.2. The van der Waals surface area contributed by atoms with Gasteiger partial charge in [0.2, 0.25) is 5.88 Å². The molecule has 9 nitrogen and oxygen atoms in total. The molecule has 3 rings (SSSR count). The van der Waals surface area contributed by atoms with Crippen LogP contribution in [0.2, 0.25) is 0 Å². The minimum absolute atomic E-state index is 0.0192. The van der Waals surface area contributed by atoms with Gasteiger partial charge < -0.3 is 14.2 Å². The molecule has 0 saturated heterocycles. The SMILES string of the molecule is COc1cccc(C=Nc2ccc(S(=O)(=O)Nc3cc(OC)nc(OC)n3)cc2)c1. The lowest BCUT2D eigenvalue weighted by molar-refractivity contribution is 0.353. The molecular formula is C20H20N4O5S. The molecule has 0 aliphatic carbocycles. The van der Waals surface area contributed by atoms with Crippen molar-refractivity contribution < 1.29 is 22.6 Å². The quantitative estimate of drug-likeness (QED) is 0.549. The first-order valence-electron chi connectivity index (χ1n) is 8.71. The van der Waals surface area contributed by atoms with Crippen LogP contribution in [0, 0.1) is 0 Å². The fraction of sp³-hybridized carbons (Fsp3) is 0.150. The van der Waals surface area contributed by atoms with Gasteiger partial charge in [0.05, 0.1) is 31.9 Å². The summed E-state index contributed by atoms with van der Waals surface area (Å²) in [4.78, 5) is 12.3. The molecule has 10 heteroatoms. The van der Waals surface area contributed by atoms with E-state index in [4.69, 9.17) is 14.2 Å². The molecule has 1 aromatic heterocycles. The molecule has 0 radical (unpaired) electrons. The van der Waals surface area contributed by atoms with Crippen LogP contribution in [0.15, 0.2) is 64.5 Å². The van der Waals surface area contributed by atoms with Crippen molar-refractivity contribution in [1.29, 1.82) is 0 Å². The summed E-state index contributed by atoms with van der Waals surface area (Å²) in [6.07, 6.45) is 1.67. The van der Waals surface area contributed by atoms with E-state index in [0.29, 0.717) is 5.69 Å². The molecule has 0 amide bonds. The number of aliphatic imine (C=N–C) groups is 1. The maximum absolute atomic E-state index is 12.7. The van der Waals surface area contributed by atoms with Gasteiger partial charge in [-0.15, -0.1) is 0 Å². The summed E-state index contributed by atoms with van der Waals surface area (Å²) in [5, 5.41) is 0. The molecule has 0 unspecified atom stereocenters. The Labute approximate surface area is 174 Å². The standard InChI is InChI=1S/C20H20N4O5S/c1-27-16-6-4-5-14(11-16)13-21-15-7-9-17(10-8-15)30(25,26)24-18-12-19(28-2)23-20(22-18)29-3/h4-13H,1-3H3,(H,22,23,24). The smallest absolute Gasteiger partial charge is 0.321 e. The number of aromatic nitrogens is 2. The molecule has 0 aliphatic heterocycles. The first-order chi connectivity index (χ1) is 14.4. The highest BCUT2D eigenvalue weighted by molar-refractivity contribution is 7.92. The molecule has 30 heavy (non-hydrogen) atoms. The third kappa shape index (κ3) is 5.23. The van der Waals surface area contributed by atoms with Crippen molar-refractivity contribution in [3.63, 3.8) is 0 Å². The molecule has 1 heterocycles. The number of anilines is 1. The Kier molecular flexibility index (Phi) is 6.48. The molecule has 0 spiro atoms. The zero-order valence-electron chi connectivity index (χ0n) is 16.6. The summed E-state index contributed by atoms with van der Waals surface area (Å²) >= 11 is 0. The van der Waals surface area contributed by atoms with Gasteiger partial charge in [0, 0.05) is 12.3 Å². The lowest BCUT2D eigenvalue weighted by Gasteiger charge is -2.09. The summed E-state index contributed by atoms with van der Waals surface area (Å²) in [6.45, 7) is 0. The number of hydrogen-bond acceptors (Lipinski definition) is 8. The van der Waals surface area contributed by atoms with Gasteiger partial charge >= 0.3 is 6.01 Å². The number of ether oxygens (including phenoxy) is 3. The van der Waals surface area contributed by atoms with Gasteiger partial charge in [-0.1, -0.05) is 12.1 Å².